The van der Waals surface area contributed by atoms with Gasteiger partial charge in [0.2, 0.25) is 0 Å². The van der Waals surface area contributed by atoms with Gasteiger partial charge >= 0.3 is 0 Å². The van der Waals surface area contributed by atoms with Gasteiger partial charge in [0.1, 0.15) is 0 Å². The van der Waals surface area contributed by atoms with E-state index in [0.717, 1.165) is 13.0 Å². The van der Waals surface area contributed by atoms with E-state index in [2.05, 4.69) is 0 Å². The van der Waals surface area contributed by atoms with Gasteiger partial charge in [-0.15, -0.1) is 0 Å². The lowest BCUT2D eigenvalue weighted by molar-refractivity contribution is -0.140. The van der Waals surface area contributed by atoms with Crippen LogP contribution in [0.5, 0.6) is 0 Å². The summed E-state index contributed by atoms with van der Waals surface area (Å²) < 4.78 is 9.95. The Morgan fingerprint density at radius 2 is 2.57 bits per heavy atom. The van der Waals surface area contributed by atoms with Crippen LogP contribution in [0.2, 0.25) is 0 Å². The van der Waals surface area contributed by atoms with Crippen LogP contribution >= 0.6 is 0 Å². The first-order valence-electron chi connectivity index (χ1n) is 2.48. The standard InChI is InChI=1S/C5H9O2/c1-5-6-3-2-4-7-5/h3,5H,2,4H2,1H3. The first-order valence-corrected chi connectivity index (χ1v) is 2.48. The van der Waals surface area contributed by atoms with Gasteiger partial charge in [-0.1, -0.05) is 0 Å². The molecule has 2 heteroatoms. The normalized spacial score (nSPS) is 25.3. The third-order valence-corrected chi connectivity index (χ3v) is 0.876. The summed E-state index contributed by atoms with van der Waals surface area (Å²) in [5, 5.41) is 0. The molecular formula is C5H9O2. The van der Waals surface area contributed by atoms with Crippen LogP contribution in [-0.2, 0) is 9.47 Å². The summed E-state index contributed by atoms with van der Waals surface area (Å²) in [6.45, 7) is 4.48. The molecule has 1 aliphatic heterocycles. The third kappa shape index (κ3) is 1.45. The van der Waals surface area contributed by atoms with Crippen molar-refractivity contribution in [2.75, 3.05) is 6.61 Å². The fourth-order valence-electron chi connectivity index (χ4n) is 0.525. The molecule has 0 aliphatic carbocycles. The summed E-state index contributed by atoms with van der Waals surface area (Å²) >= 11 is 0. The second kappa shape index (κ2) is 2.28. The summed E-state index contributed by atoms with van der Waals surface area (Å²) in [7, 11) is 0. The Morgan fingerprint density at radius 1 is 1.71 bits per heavy atom. The molecule has 1 radical (unpaired) electrons. The highest BCUT2D eigenvalue weighted by atomic mass is 16.7. The summed E-state index contributed by atoms with van der Waals surface area (Å²) in [6.07, 6.45) is 0.901. The first kappa shape index (κ1) is 5.06. The summed E-state index contributed by atoms with van der Waals surface area (Å²) in [5.74, 6) is 0. The van der Waals surface area contributed by atoms with Crippen LogP contribution in [0, 0.1) is 6.61 Å². The smallest absolute Gasteiger partial charge is 0.155 e. The van der Waals surface area contributed by atoms with Crippen LogP contribution in [-0.4, -0.2) is 12.9 Å². The van der Waals surface area contributed by atoms with Crippen molar-refractivity contribution in [3.8, 4) is 0 Å². The minimum Gasteiger partial charge on any atom is -0.353 e. The molecule has 0 bridgehead atoms. The monoisotopic (exact) mass is 101 g/mol. The molecule has 1 fully saturated rings. The molecule has 1 atom stereocenters. The fourth-order valence-corrected chi connectivity index (χ4v) is 0.525. The van der Waals surface area contributed by atoms with Gasteiger partial charge in [-0.2, -0.15) is 0 Å². The van der Waals surface area contributed by atoms with Gasteiger partial charge in [-0.05, 0) is 13.3 Å². The van der Waals surface area contributed by atoms with E-state index >= 15 is 0 Å². The lowest BCUT2D eigenvalue weighted by atomic mass is 10.4. The van der Waals surface area contributed by atoms with Crippen molar-refractivity contribution in [2.24, 2.45) is 0 Å². The average molecular weight is 101 g/mol. The third-order valence-electron chi connectivity index (χ3n) is 0.876. The zero-order chi connectivity index (χ0) is 5.11. The summed E-state index contributed by atoms with van der Waals surface area (Å²) in [4.78, 5) is 0. The number of ether oxygens (including phenoxy) is 2. The first-order chi connectivity index (χ1) is 3.39. The van der Waals surface area contributed by atoms with Gasteiger partial charge in [0, 0.05) is 0 Å². The van der Waals surface area contributed by atoms with Crippen molar-refractivity contribution in [2.45, 2.75) is 19.6 Å². The molecule has 2 nitrogen and oxygen atoms in total. The second-order valence-electron chi connectivity index (χ2n) is 1.53. The maximum atomic E-state index is 5.02. The molecule has 0 aromatic heterocycles. The Kier molecular flexibility index (Phi) is 1.65. The van der Waals surface area contributed by atoms with E-state index in [1.807, 2.05) is 6.92 Å². The van der Waals surface area contributed by atoms with E-state index in [-0.39, 0.29) is 6.29 Å². The van der Waals surface area contributed by atoms with Crippen LogP contribution in [0.25, 0.3) is 0 Å². The zero-order valence-corrected chi connectivity index (χ0v) is 4.39. The Morgan fingerprint density at radius 3 is 2.86 bits per heavy atom. The molecule has 0 spiro atoms. The highest BCUT2D eigenvalue weighted by Crippen LogP contribution is 2.05. The Hall–Kier alpha value is -0.0800. The molecular weight excluding hydrogens is 92.1 g/mol. The molecule has 0 amide bonds. The Bertz CT molecular complexity index is 48.0. The van der Waals surface area contributed by atoms with Crippen LogP contribution < -0.4 is 0 Å². The molecule has 0 aromatic rings. The van der Waals surface area contributed by atoms with Crippen LogP contribution in [0.1, 0.15) is 13.3 Å². The summed E-state index contributed by atoms with van der Waals surface area (Å²) in [5.41, 5.74) is 0. The molecule has 7 heavy (non-hydrogen) atoms. The van der Waals surface area contributed by atoms with Crippen molar-refractivity contribution in [3.63, 3.8) is 0 Å². The predicted molar refractivity (Wildman–Crippen MR) is 25.4 cm³/mol. The van der Waals surface area contributed by atoms with Gasteiger partial charge in [0.25, 0.3) is 0 Å². The molecule has 1 unspecified atom stereocenters. The van der Waals surface area contributed by atoms with Crippen molar-refractivity contribution < 1.29 is 9.47 Å². The van der Waals surface area contributed by atoms with Crippen LogP contribution in [0.3, 0.4) is 0 Å². The SMILES string of the molecule is CC1O[CH]CCO1. The molecule has 0 N–H and O–H groups in total. The largest absolute Gasteiger partial charge is 0.353 e. The Balaban J connectivity index is 2.12. The van der Waals surface area contributed by atoms with E-state index in [1.54, 1.807) is 6.61 Å². The van der Waals surface area contributed by atoms with Crippen molar-refractivity contribution in [1.82, 2.24) is 0 Å². The van der Waals surface area contributed by atoms with E-state index in [0.29, 0.717) is 0 Å². The highest BCUT2D eigenvalue weighted by Gasteiger charge is 2.06. The highest BCUT2D eigenvalue weighted by molar-refractivity contribution is 4.55. The molecule has 41 valence electrons. The van der Waals surface area contributed by atoms with Gasteiger partial charge in [-0.25, -0.2) is 0 Å². The van der Waals surface area contributed by atoms with E-state index in [4.69, 9.17) is 9.47 Å². The molecule has 1 saturated heterocycles. The van der Waals surface area contributed by atoms with Gasteiger partial charge < -0.3 is 9.47 Å². The molecule has 0 aromatic carbocycles. The minimum absolute atomic E-state index is 0.0197. The van der Waals surface area contributed by atoms with Gasteiger partial charge in [0.05, 0.1) is 13.2 Å². The molecule has 1 rings (SSSR count). The Labute approximate surface area is 43.4 Å². The molecule has 1 aliphatic rings. The topological polar surface area (TPSA) is 18.5 Å². The maximum absolute atomic E-state index is 5.02. The molecule has 0 saturated carbocycles. The zero-order valence-electron chi connectivity index (χ0n) is 4.39. The number of rotatable bonds is 0. The molecule has 1 heterocycles. The van der Waals surface area contributed by atoms with Crippen molar-refractivity contribution in [1.29, 1.82) is 0 Å². The van der Waals surface area contributed by atoms with Gasteiger partial charge in [0.15, 0.2) is 6.29 Å². The average Bonchev–Trinajstić information content (AvgIpc) is 1.69. The van der Waals surface area contributed by atoms with Crippen LogP contribution in [0.15, 0.2) is 0 Å². The lowest BCUT2D eigenvalue weighted by Crippen LogP contribution is -2.17. The van der Waals surface area contributed by atoms with Crippen molar-refractivity contribution >= 4 is 0 Å². The predicted octanol–water partition coefficient (Wildman–Crippen LogP) is 0.931. The quantitative estimate of drug-likeness (QED) is 0.452. The number of hydrogen-bond acceptors (Lipinski definition) is 2. The minimum atomic E-state index is -0.0197. The van der Waals surface area contributed by atoms with E-state index in [9.17, 15) is 0 Å². The fraction of sp³-hybridized carbons (Fsp3) is 0.800. The lowest BCUT2D eigenvalue weighted by Gasteiger charge is -2.17. The van der Waals surface area contributed by atoms with Crippen LogP contribution in [0.4, 0.5) is 0 Å². The van der Waals surface area contributed by atoms with Gasteiger partial charge in [-0.3, -0.25) is 0 Å². The van der Waals surface area contributed by atoms with Crippen molar-refractivity contribution in [3.05, 3.63) is 6.61 Å². The van der Waals surface area contributed by atoms with E-state index < -0.39 is 0 Å². The summed E-state index contributed by atoms with van der Waals surface area (Å²) in [6, 6.07) is 0. The number of hydrogen-bond donors (Lipinski definition) is 0. The maximum Gasteiger partial charge on any atom is 0.155 e. The second-order valence-corrected chi connectivity index (χ2v) is 1.53. The van der Waals surface area contributed by atoms with E-state index in [1.165, 1.54) is 0 Å².